The molecule has 2 aromatic heterocycles. The molecule has 0 bridgehead atoms. The van der Waals surface area contributed by atoms with Gasteiger partial charge in [-0.2, -0.15) is 10.2 Å². The van der Waals surface area contributed by atoms with Gasteiger partial charge >= 0.3 is 5.69 Å². The lowest BCUT2D eigenvalue weighted by Gasteiger charge is -2.08. The van der Waals surface area contributed by atoms with E-state index in [0.717, 1.165) is 23.0 Å². The number of hydrogen-bond acceptors (Lipinski definition) is 6. The zero-order valence-electron chi connectivity index (χ0n) is 13.8. The van der Waals surface area contributed by atoms with Crippen LogP contribution in [0, 0.1) is 11.3 Å². The highest BCUT2D eigenvalue weighted by molar-refractivity contribution is 5.23. The molecule has 8 heteroatoms. The Kier molecular flexibility index (Phi) is 3.97. The molecule has 1 aliphatic carbocycles. The van der Waals surface area contributed by atoms with Crippen LogP contribution in [0.2, 0.25) is 0 Å². The average molecular weight is 349 g/mol. The molecule has 1 aliphatic rings. The molecule has 4 rings (SSSR count). The second kappa shape index (κ2) is 6.44. The molecule has 0 amide bonds. The van der Waals surface area contributed by atoms with Crippen LogP contribution in [0.4, 0.5) is 0 Å². The van der Waals surface area contributed by atoms with Crippen LogP contribution < -0.4 is 11.2 Å². The third-order valence-electron chi connectivity index (χ3n) is 4.26. The van der Waals surface area contributed by atoms with Gasteiger partial charge in [-0.3, -0.25) is 9.36 Å². The van der Waals surface area contributed by atoms with Gasteiger partial charge < -0.3 is 4.52 Å². The molecule has 0 unspecified atom stereocenters. The van der Waals surface area contributed by atoms with Crippen molar-refractivity contribution in [2.75, 3.05) is 0 Å². The number of rotatable bonds is 5. The zero-order valence-corrected chi connectivity index (χ0v) is 13.8. The van der Waals surface area contributed by atoms with E-state index >= 15 is 0 Å². The summed E-state index contributed by atoms with van der Waals surface area (Å²) < 4.78 is 7.62. The van der Waals surface area contributed by atoms with E-state index in [-0.39, 0.29) is 24.0 Å². The molecule has 3 aromatic rings. The van der Waals surface area contributed by atoms with Crippen LogP contribution in [-0.2, 0) is 13.0 Å². The third kappa shape index (κ3) is 3.07. The van der Waals surface area contributed by atoms with Gasteiger partial charge in [0.25, 0.3) is 5.56 Å². The lowest BCUT2D eigenvalue weighted by molar-refractivity contribution is 0.361. The fourth-order valence-corrected chi connectivity index (χ4v) is 2.79. The van der Waals surface area contributed by atoms with Crippen molar-refractivity contribution >= 4 is 0 Å². The highest BCUT2D eigenvalue weighted by Crippen LogP contribution is 2.33. The van der Waals surface area contributed by atoms with E-state index in [1.165, 1.54) is 10.8 Å². The highest BCUT2D eigenvalue weighted by atomic mass is 16.5. The molecule has 1 fully saturated rings. The molecule has 130 valence electrons. The summed E-state index contributed by atoms with van der Waals surface area (Å²) in [5.41, 5.74) is -0.142. The van der Waals surface area contributed by atoms with Crippen LogP contribution >= 0.6 is 0 Å². The Morgan fingerprint density at radius 3 is 2.69 bits per heavy atom. The van der Waals surface area contributed by atoms with Crippen molar-refractivity contribution in [3.8, 4) is 6.07 Å². The summed E-state index contributed by atoms with van der Waals surface area (Å²) in [6.45, 7) is -0.151. The van der Waals surface area contributed by atoms with Crippen molar-refractivity contribution in [2.24, 2.45) is 0 Å². The molecule has 0 spiro atoms. The maximum absolute atomic E-state index is 12.6. The predicted octanol–water partition coefficient (Wildman–Crippen LogP) is 1.24. The number of nitriles is 1. The van der Waals surface area contributed by atoms with Gasteiger partial charge in [-0.25, -0.2) is 9.36 Å². The van der Waals surface area contributed by atoms with Gasteiger partial charge in [0.1, 0.15) is 18.2 Å². The Balaban J connectivity index is 1.64. The van der Waals surface area contributed by atoms with Crippen molar-refractivity contribution in [1.29, 1.82) is 5.26 Å². The fourth-order valence-electron chi connectivity index (χ4n) is 2.79. The molecule has 0 aliphatic heterocycles. The topological polar surface area (TPSA) is 107 Å². The van der Waals surface area contributed by atoms with Crippen molar-refractivity contribution in [2.45, 2.75) is 31.8 Å². The van der Waals surface area contributed by atoms with Gasteiger partial charge in [0.15, 0.2) is 5.82 Å². The summed E-state index contributed by atoms with van der Waals surface area (Å²) in [7, 11) is 0. The first-order valence-electron chi connectivity index (χ1n) is 8.27. The van der Waals surface area contributed by atoms with E-state index in [0.29, 0.717) is 12.2 Å². The molecule has 0 atom stereocenters. The fraction of sp³-hybridized carbons (Fsp3) is 0.278. The number of nitrogens with zero attached hydrogens (tertiary/aromatic N) is 5. The molecule has 0 saturated heterocycles. The molecule has 2 heterocycles. The summed E-state index contributed by atoms with van der Waals surface area (Å²) in [6, 6.07) is 11.6. The number of benzene rings is 1. The SMILES string of the molecule is N#Cc1cn(C2CC2)c(=O)n(Cc2nc(Cc3ccccc3)no2)c1=O. The lowest BCUT2D eigenvalue weighted by Crippen LogP contribution is -2.41. The van der Waals surface area contributed by atoms with E-state index in [4.69, 9.17) is 9.78 Å². The number of aromatic nitrogens is 4. The maximum atomic E-state index is 12.6. The molecular formula is C18H15N5O3. The van der Waals surface area contributed by atoms with Crippen molar-refractivity contribution < 1.29 is 4.52 Å². The summed E-state index contributed by atoms with van der Waals surface area (Å²) in [5.74, 6) is 0.630. The Bertz CT molecular complexity index is 1100. The zero-order chi connectivity index (χ0) is 18.1. The summed E-state index contributed by atoms with van der Waals surface area (Å²) in [4.78, 5) is 29.2. The second-order valence-corrected chi connectivity index (χ2v) is 6.23. The van der Waals surface area contributed by atoms with Gasteiger partial charge in [-0.05, 0) is 18.4 Å². The first kappa shape index (κ1) is 16.0. The van der Waals surface area contributed by atoms with Crippen LogP contribution in [-0.4, -0.2) is 19.3 Å². The summed E-state index contributed by atoms with van der Waals surface area (Å²) >= 11 is 0. The molecule has 0 N–H and O–H groups in total. The quantitative estimate of drug-likeness (QED) is 0.686. The van der Waals surface area contributed by atoms with E-state index in [9.17, 15) is 9.59 Å². The minimum absolute atomic E-state index is 0.0535. The average Bonchev–Trinajstić information content (AvgIpc) is 3.40. The summed E-state index contributed by atoms with van der Waals surface area (Å²) in [5, 5.41) is 13.1. The Hall–Kier alpha value is -3.47. The molecule has 1 aromatic carbocycles. The molecular weight excluding hydrogens is 334 g/mol. The van der Waals surface area contributed by atoms with E-state index in [2.05, 4.69) is 10.1 Å². The van der Waals surface area contributed by atoms with Crippen molar-refractivity contribution in [1.82, 2.24) is 19.3 Å². The van der Waals surface area contributed by atoms with Gasteiger partial charge in [-0.1, -0.05) is 35.5 Å². The maximum Gasteiger partial charge on any atom is 0.331 e. The molecule has 8 nitrogen and oxygen atoms in total. The van der Waals surface area contributed by atoms with Crippen LogP contribution in [0.3, 0.4) is 0 Å². The minimum Gasteiger partial charge on any atom is -0.337 e. The largest absolute Gasteiger partial charge is 0.337 e. The van der Waals surface area contributed by atoms with Crippen molar-refractivity contribution in [3.05, 3.63) is 80.2 Å². The Morgan fingerprint density at radius 2 is 2.00 bits per heavy atom. The number of hydrogen-bond donors (Lipinski definition) is 0. The first-order valence-corrected chi connectivity index (χ1v) is 8.27. The normalized spacial score (nSPS) is 13.5. The molecule has 1 saturated carbocycles. The standard InChI is InChI=1S/C18H15N5O3/c19-9-13-10-22(14-6-7-14)18(25)23(17(13)24)11-16-20-15(21-26-16)8-12-4-2-1-3-5-12/h1-5,10,14H,6-8,11H2. The van der Waals surface area contributed by atoms with Crippen LogP contribution in [0.15, 0.2) is 50.6 Å². The van der Waals surface area contributed by atoms with Crippen molar-refractivity contribution in [3.63, 3.8) is 0 Å². The smallest absolute Gasteiger partial charge is 0.331 e. The van der Waals surface area contributed by atoms with Crippen LogP contribution in [0.1, 0.15) is 41.7 Å². The van der Waals surface area contributed by atoms with Crippen LogP contribution in [0.5, 0.6) is 0 Å². The third-order valence-corrected chi connectivity index (χ3v) is 4.26. The van der Waals surface area contributed by atoms with E-state index in [1.54, 1.807) is 0 Å². The van der Waals surface area contributed by atoms with Gasteiger partial charge in [0.05, 0.1) is 0 Å². The lowest BCUT2D eigenvalue weighted by atomic mass is 10.1. The van der Waals surface area contributed by atoms with E-state index in [1.807, 2.05) is 36.4 Å². The Morgan fingerprint density at radius 1 is 1.23 bits per heavy atom. The molecule has 0 radical (unpaired) electrons. The molecule has 26 heavy (non-hydrogen) atoms. The van der Waals surface area contributed by atoms with Gasteiger partial charge in [0.2, 0.25) is 5.89 Å². The summed E-state index contributed by atoms with van der Waals surface area (Å²) in [6.07, 6.45) is 3.56. The van der Waals surface area contributed by atoms with E-state index < -0.39 is 11.2 Å². The Labute approximate surface area is 147 Å². The minimum atomic E-state index is -0.641. The monoisotopic (exact) mass is 349 g/mol. The van der Waals surface area contributed by atoms with Crippen LogP contribution in [0.25, 0.3) is 0 Å². The second-order valence-electron chi connectivity index (χ2n) is 6.23. The van der Waals surface area contributed by atoms with Gasteiger partial charge in [-0.15, -0.1) is 0 Å². The van der Waals surface area contributed by atoms with Gasteiger partial charge in [0, 0.05) is 18.7 Å². The first-order chi connectivity index (χ1) is 12.7. The predicted molar refractivity (Wildman–Crippen MR) is 90.6 cm³/mol. The highest BCUT2D eigenvalue weighted by Gasteiger charge is 2.27.